The number of hydrogen-bond acceptors (Lipinski definition) is 0. The lowest BCUT2D eigenvalue weighted by Crippen LogP contribution is -2.20. The van der Waals surface area contributed by atoms with Gasteiger partial charge in [-0.3, -0.25) is 0 Å². The summed E-state index contributed by atoms with van der Waals surface area (Å²) in [5, 5.41) is 0.967. The van der Waals surface area contributed by atoms with Gasteiger partial charge >= 0.3 is 0 Å². The number of halogens is 2. The van der Waals surface area contributed by atoms with Crippen LogP contribution in [0.2, 0.25) is 0 Å². The smallest absolute Gasteiger partial charge is 0.0366 e. The Hall–Kier alpha value is 0.180. The first-order valence-corrected chi connectivity index (χ1v) is 5.84. The third-order valence-electron chi connectivity index (χ3n) is 1.69. The molecule has 0 spiro atoms. The highest BCUT2D eigenvalue weighted by molar-refractivity contribution is 9.12. The zero-order chi connectivity index (χ0) is 9.03. The van der Waals surface area contributed by atoms with Crippen LogP contribution in [0, 0.1) is 0 Å². The topological polar surface area (TPSA) is 0 Å². The Morgan fingerprint density at radius 3 is 2.33 bits per heavy atom. The molecule has 0 amide bonds. The minimum atomic E-state index is 0.175. The molecule has 0 fully saturated rings. The lowest BCUT2D eigenvalue weighted by molar-refractivity contribution is 0.740. The Kier molecular flexibility index (Phi) is 3.78. The quantitative estimate of drug-likeness (QED) is 0.744. The predicted molar refractivity (Wildman–Crippen MR) is 61.3 cm³/mol. The Morgan fingerprint density at radius 2 is 1.83 bits per heavy atom. The van der Waals surface area contributed by atoms with Crippen molar-refractivity contribution in [2.75, 3.05) is 5.33 Å². The number of alkyl halides is 2. The highest BCUT2D eigenvalue weighted by atomic mass is 79.9. The van der Waals surface area contributed by atoms with E-state index in [1.807, 2.05) is 6.07 Å². The maximum absolute atomic E-state index is 3.67. The molecule has 1 rings (SSSR count). The summed E-state index contributed by atoms with van der Waals surface area (Å²) in [5.41, 5.74) is 1.37. The summed E-state index contributed by atoms with van der Waals surface area (Å²) in [5.74, 6) is 0. The van der Waals surface area contributed by atoms with E-state index in [-0.39, 0.29) is 4.32 Å². The first kappa shape index (κ1) is 10.3. The molecule has 0 saturated carbocycles. The van der Waals surface area contributed by atoms with Crippen LogP contribution in [0.1, 0.15) is 12.5 Å². The van der Waals surface area contributed by atoms with Gasteiger partial charge in [-0.15, -0.1) is 0 Å². The molecule has 0 saturated heterocycles. The van der Waals surface area contributed by atoms with Gasteiger partial charge in [-0.2, -0.15) is 0 Å². The average Bonchev–Trinajstić information content (AvgIpc) is 2.06. The van der Waals surface area contributed by atoms with Crippen LogP contribution < -0.4 is 0 Å². The molecule has 1 aromatic carbocycles. The molecule has 0 aliphatic rings. The number of benzene rings is 1. The van der Waals surface area contributed by atoms with Gasteiger partial charge < -0.3 is 0 Å². The maximum atomic E-state index is 3.67. The van der Waals surface area contributed by atoms with Crippen LogP contribution in [0.3, 0.4) is 0 Å². The van der Waals surface area contributed by atoms with Crippen molar-refractivity contribution < 1.29 is 0 Å². The zero-order valence-electron chi connectivity index (χ0n) is 7.06. The van der Waals surface area contributed by atoms with Gasteiger partial charge in [0.05, 0.1) is 0 Å². The van der Waals surface area contributed by atoms with Gasteiger partial charge in [-0.1, -0.05) is 62.2 Å². The second kappa shape index (κ2) is 4.43. The van der Waals surface area contributed by atoms with Crippen LogP contribution in [0.5, 0.6) is 0 Å². The summed E-state index contributed by atoms with van der Waals surface area (Å²) in [6, 6.07) is 10.5. The third kappa shape index (κ3) is 3.28. The van der Waals surface area contributed by atoms with E-state index in [0.717, 1.165) is 11.8 Å². The third-order valence-corrected chi connectivity index (χ3v) is 4.24. The first-order chi connectivity index (χ1) is 5.64. The normalized spacial score (nSPS) is 15.6. The average molecular weight is 292 g/mol. The van der Waals surface area contributed by atoms with Crippen molar-refractivity contribution in [2.45, 2.75) is 17.7 Å². The minimum Gasteiger partial charge on any atom is -0.0913 e. The van der Waals surface area contributed by atoms with E-state index in [0.29, 0.717) is 0 Å². The molecule has 2 heteroatoms. The number of rotatable bonds is 3. The van der Waals surface area contributed by atoms with Crippen molar-refractivity contribution >= 4 is 31.9 Å². The predicted octanol–water partition coefficient (Wildman–Crippen LogP) is 3.78. The van der Waals surface area contributed by atoms with E-state index < -0.39 is 0 Å². The minimum absolute atomic E-state index is 0.175. The van der Waals surface area contributed by atoms with E-state index >= 15 is 0 Å². The van der Waals surface area contributed by atoms with Crippen molar-refractivity contribution in [3.8, 4) is 0 Å². The standard InChI is InChI=1S/C10H12Br2/c1-10(12,8-11)7-9-5-3-2-4-6-9/h2-6H,7-8H2,1H3. The van der Waals surface area contributed by atoms with Crippen LogP contribution in [0.25, 0.3) is 0 Å². The first-order valence-electron chi connectivity index (χ1n) is 3.93. The van der Waals surface area contributed by atoms with Gasteiger partial charge in [0.2, 0.25) is 0 Å². The molecule has 0 radical (unpaired) electrons. The van der Waals surface area contributed by atoms with E-state index in [9.17, 15) is 0 Å². The van der Waals surface area contributed by atoms with Crippen LogP contribution in [0.4, 0.5) is 0 Å². The lowest BCUT2D eigenvalue weighted by Gasteiger charge is -2.18. The second-order valence-electron chi connectivity index (χ2n) is 3.21. The molecular formula is C10H12Br2. The summed E-state index contributed by atoms with van der Waals surface area (Å²) in [4.78, 5) is 0. The fraction of sp³-hybridized carbons (Fsp3) is 0.400. The molecule has 0 heterocycles. The Morgan fingerprint density at radius 1 is 1.25 bits per heavy atom. The van der Waals surface area contributed by atoms with Gasteiger partial charge in [-0.25, -0.2) is 0 Å². The van der Waals surface area contributed by atoms with Crippen LogP contribution in [-0.2, 0) is 6.42 Å². The summed E-state index contributed by atoms with van der Waals surface area (Å²) < 4.78 is 0.175. The van der Waals surface area contributed by atoms with Gasteiger partial charge in [0.15, 0.2) is 0 Å². The molecule has 0 nitrogen and oxygen atoms in total. The molecule has 0 N–H and O–H groups in total. The summed E-state index contributed by atoms with van der Waals surface area (Å²) in [6.07, 6.45) is 1.05. The Bertz CT molecular complexity index is 229. The van der Waals surface area contributed by atoms with Crippen molar-refractivity contribution in [1.82, 2.24) is 0 Å². The fourth-order valence-corrected chi connectivity index (χ4v) is 1.59. The molecule has 1 aromatic rings. The molecule has 66 valence electrons. The monoisotopic (exact) mass is 290 g/mol. The van der Waals surface area contributed by atoms with Crippen molar-refractivity contribution in [3.63, 3.8) is 0 Å². The van der Waals surface area contributed by atoms with E-state index in [1.54, 1.807) is 0 Å². The maximum Gasteiger partial charge on any atom is 0.0366 e. The molecule has 0 aliphatic heterocycles. The van der Waals surface area contributed by atoms with Gasteiger partial charge in [0.25, 0.3) is 0 Å². The van der Waals surface area contributed by atoms with E-state index in [4.69, 9.17) is 0 Å². The molecule has 0 aromatic heterocycles. The summed E-state index contributed by atoms with van der Waals surface area (Å²) in [6.45, 7) is 2.19. The molecule has 0 bridgehead atoms. The lowest BCUT2D eigenvalue weighted by atomic mass is 10.0. The Labute approximate surface area is 90.6 Å². The molecule has 12 heavy (non-hydrogen) atoms. The van der Waals surface area contributed by atoms with E-state index in [2.05, 4.69) is 63.0 Å². The molecule has 1 unspecified atom stereocenters. The van der Waals surface area contributed by atoms with Gasteiger partial charge in [-0.05, 0) is 18.9 Å². The summed E-state index contributed by atoms with van der Waals surface area (Å²) in [7, 11) is 0. The van der Waals surface area contributed by atoms with Crippen LogP contribution in [-0.4, -0.2) is 9.65 Å². The second-order valence-corrected chi connectivity index (χ2v) is 5.68. The van der Waals surface area contributed by atoms with Gasteiger partial charge in [0, 0.05) is 9.65 Å². The summed E-state index contributed by atoms with van der Waals surface area (Å²) >= 11 is 7.15. The van der Waals surface area contributed by atoms with Crippen LogP contribution in [0.15, 0.2) is 30.3 Å². The van der Waals surface area contributed by atoms with Crippen LogP contribution >= 0.6 is 31.9 Å². The van der Waals surface area contributed by atoms with Crippen molar-refractivity contribution in [1.29, 1.82) is 0 Å². The largest absolute Gasteiger partial charge is 0.0913 e. The molecular weight excluding hydrogens is 280 g/mol. The van der Waals surface area contributed by atoms with Crippen molar-refractivity contribution in [2.24, 2.45) is 0 Å². The highest BCUT2D eigenvalue weighted by Crippen LogP contribution is 2.24. The van der Waals surface area contributed by atoms with Crippen molar-refractivity contribution in [3.05, 3.63) is 35.9 Å². The molecule has 0 aliphatic carbocycles. The van der Waals surface area contributed by atoms with Gasteiger partial charge in [0.1, 0.15) is 0 Å². The number of hydrogen-bond donors (Lipinski definition) is 0. The zero-order valence-corrected chi connectivity index (χ0v) is 10.2. The fourth-order valence-electron chi connectivity index (χ4n) is 1.07. The SMILES string of the molecule is CC(Br)(CBr)Cc1ccccc1. The highest BCUT2D eigenvalue weighted by Gasteiger charge is 2.18. The molecule has 1 atom stereocenters. The van der Waals surface area contributed by atoms with E-state index in [1.165, 1.54) is 5.56 Å². The Balaban J connectivity index is 2.64.